The number of nitrogens with one attached hydrogen (secondary N) is 1. The number of carboxylic acids is 1. The first-order valence-corrected chi connectivity index (χ1v) is 8.47. The van der Waals surface area contributed by atoms with Gasteiger partial charge in [-0.2, -0.15) is 0 Å². The number of fused-ring (bicyclic) bond motifs is 1. The molecule has 2 aromatic rings. The van der Waals surface area contributed by atoms with Crippen LogP contribution in [0.2, 0.25) is 0 Å². The number of rotatable bonds is 6. The van der Waals surface area contributed by atoms with Crippen molar-refractivity contribution in [3.05, 3.63) is 41.5 Å². The molecule has 0 aliphatic carbocycles. The number of benzene rings is 2. The Labute approximate surface area is 152 Å². The van der Waals surface area contributed by atoms with Crippen molar-refractivity contribution in [2.24, 2.45) is 0 Å². The standard InChI is InChI=1S/C20H23NO5/c1-24-18-13-9-10-21-14(11-15(22)23)17(13)16(12-7-5-4-6-8-12)19(25-2)20(18)26-3/h4-8,14,21H,9-11H2,1-3H3,(H,22,23). The normalized spacial score (nSPS) is 15.9. The summed E-state index contributed by atoms with van der Waals surface area (Å²) in [6.07, 6.45) is 0.695. The highest BCUT2D eigenvalue weighted by atomic mass is 16.5. The Morgan fingerprint density at radius 2 is 1.73 bits per heavy atom. The van der Waals surface area contributed by atoms with E-state index in [1.807, 2.05) is 30.3 Å². The van der Waals surface area contributed by atoms with E-state index in [1.54, 1.807) is 21.3 Å². The van der Waals surface area contributed by atoms with Gasteiger partial charge in [-0.25, -0.2) is 0 Å². The van der Waals surface area contributed by atoms with Crippen molar-refractivity contribution >= 4 is 5.97 Å². The maximum absolute atomic E-state index is 11.4. The Balaban J connectivity index is 2.38. The third-order valence-electron chi connectivity index (χ3n) is 4.68. The monoisotopic (exact) mass is 357 g/mol. The van der Waals surface area contributed by atoms with Crippen LogP contribution in [0.25, 0.3) is 11.1 Å². The Morgan fingerprint density at radius 3 is 2.31 bits per heavy atom. The lowest BCUT2D eigenvalue weighted by atomic mass is 9.84. The summed E-state index contributed by atoms with van der Waals surface area (Å²) in [4.78, 5) is 11.4. The predicted octanol–water partition coefficient (Wildman–Crippen LogP) is 3.04. The minimum atomic E-state index is -0.858. The molecule has 26 heavy (non-hydrogen) atoms. The molecule has 0 bridgehead atoms. The van der Waals surface area contributed by atoms with Gasteiger partial charge in [0.2, 0.25) is 5.75 Å². The Bertz CT molecular complexity index is 804. The lowest BCUT2D eigenvalue weighted by Gasteiger charge is -2.32. The molecule has 138 valence electrons. The van der Waals surface area contributed by atoms with E-state index in [0.717, 1.165) is 28.7 Å². The van der Waals surface area contributed by atoms with Gasteiger partial charge in [0.05, 0.1) is 27.8 Å². The van der Waals surface area contributed by atoms with Gasteiger partial charge in [0.15, 0.2) is 11.5 Å². The van der Waals surface area contributed by atoms with Crippen LogP contribution in [-0.2, 0) is 11.2 Å². The van der Waals surface area contributed by atoms with Gasteiger partial charge in [-0.05, 0) is 24.1 Å². The largest absolute Gasteiger partial charge is 0.492 e. The summed E-state index contributed by atoms with van der Waals surface area (Å²) >= 11 is 0. The first-order valence-electron chi connectivity index (χ1n) is 8.47. The van der Waals surface area contributed by atoms with Crippen LogP contribution in [0.1, 0.15) is 23.6 Å². The van der Waals surface area contributed by atoms with Gasteiger partial charge in [-0.15, -0.1) is 0 Å². The SMILES string of the molecule is COc1c2c(c(-c3ccccc3)c(OC)c1OC)C(CC(=O)O)NCC2. The van der Waals surface area contributed by atoms with Crippen molar-refractivity contribution in [3.8, 4) is 28.4 Å². The second-order valence-corrected chi connectivity index (χ2v) is 6.09. The van der Waals surface area contributed by atoms with Gasteiger partial charge in [0, 0.05) is 17.2 Å². The molecule has 2 aromatic carbocycles. The summed E-state index contributed by atoms with van der Waals surface area (Å²) in [5, 5.41) is 12.7. The van der Waals surface area contributed by atoms with Crippen molar-refractivity contribution in [2.75, 3.05) is 27.9 Å². The minimum Gasteiger partial charge on any atom is -0.492 e. The molecule has 0 amide bonds. The molecule has 0 aromatic heterocycles. The van der Waals surface area contributed by atoms with Crippen molar-refractivity contribution < 1.29 is 24.1 Å². The van der Waals surface area contributed by atoms with Crippen LogP contribution in [0, 0.1) is 0 Å². The first-order chi connectivity index (χ1) is 12.6. The van der Waals surface area contributed by atoms with Crippen LogP contribution in [-0.4, -0.2) is 38.9 Å². The molecule has 1 heterocycles. The minimum absolute atomic E-state index is 0.0224. The van der Waals surface area contributed by atoms with E-state index >= 15 is 0 Å². The number of hydrogen-bond acceptors (Lipinski definition) is 5. The second kappa shape index (κ2) is 7.66. The number of carbonyl (C=O) groups is 1. The summed E-state index contributed by atoms with van der Waals surface area (Å²) in [6, 6.07) is 9.46. The molecule has 0 saturated heterocycles. The Morgan fingerprint density at radius 1 is 1.08 bits per heavy atom. The molecule has 3 rings (SSSR count). The van der Waals surface area contributed by atoms with E-state index in [2.05, 4.69) is 5.32 Å². The van der Waals surface area contributed by atoms with Gasteiger partial charge in [0.25, 0.3) is 0 Å². The molecule has 1 atom stereocenters. The molecule has 2 N–H and O–H groups in total. The van der Waals surface area contributed by atoms with Crippen molar-refractivity contribution in [1.29, 1.82) is 0 Å². The van der Waals surface area contributed by atoms with E-state index in [4.69, 9.17) is 14.2 Å². The maximum Gasteiger partial charge on any atom is 0.305 e. The predicted molar refractivity (Wildman–Crippen MR) is 98.2 cm³/mol. The van der Waals surface area contributed by atoms with Gasteiger partial charge in [-0.3, -0.25) is 4.79 Å². The van der Waals surface area contributed by atoms with Gasteiger partial charge >= 0.3 is 5.97 Å². The third-order valence-corrected chi connectivity index (χ3v) is 4.68. The van der Waals surface area contributed by atoms with E-state index in [1.165, 1.54) is 0 Å². The Kier molecular flexibility index (Phi) is 5.32. The fourth-order valence-electron chi connectivity index (χ4n) is 3.69. The van der Waals surface area contributed by atoms with Crippen LogP contribution in [0.5, 0.6) is 17.2 Å². The lowest BCUT2D eigenvalue weighted by molar-refractivity contribution is -0.137. The molecule has 6 heteroatoms. The molecule has 0 saturated carbocycles. The van der Waals surface area contributed by atoms with E-state index in [-0.39, 0.29) is 12.5 Å². The number of hydrogen-bond donors (Lipinski definition) is 2. The zero-order valence-electron chi connectivity index (χ0n) is 15.2. The smallest absolute Gasteiger partial charge is 0.305 e. The van der Waals surface area contributed by atoms with Crippen molar-refractivity contribution in [2.45, 2.75) is 18.9 Å². The molecule has 0 radical (unpaired) electrons. The average Bonchev–Trinajstić information content (AvgIpc) is 2.66. The van der Waals surface area contributed by atoms with Crippen LogP contribution in [0.15, 0.2) is 30.3 Å². The van der Waals surface area contributed by atoms with Gasteiger partial charge in [0.1, 0.15) is 0 Å². The third kappa shape index (κ3) is 3.08. The summed E-state index contributed by atoms with van der Waals surface area (Å²) < 4.78 is 17.0. The highest BCUT2D eigenvalue weighted by Gasteiger charge is 2.33. The fraction of sp³-hybridized carbons (Fsp3) is 0.350. The van der Waals surface area contributed by atoms with Crippen LogP contribution < -0.4 is 19.5 Å². The second-order valence-electron chi connectivity index (χ2n) is 6.09. The summed E-state index contributed by atoms with van der Waals surface area (Å²) in [6.45, 7) is 0.672. The Hall–Kier alpha value is -2.73. The number of ether oxygens (including phenoxy) is 3. The van der Waals surface area contributed by atoms with Crippen LogP contribution in [0.3, 0.4) is 0 Å². The molecule has 6 nitrogen and oxygen atoms in total. The molecule has 1 unspecified atom stereocenters. The summed E-state index contributed by atoms with van der Waals surface area (Å²) in [5.41, 5.74) is 3.66. The number of carboxylic acid groups (broad SMARTS) is 1. The lowest BCUT2D eigenvalue weighted by Crippen LogP contribution is -2.32. The van der Waals surface area contributed by atoms with E-state index < -0.39 is 5.97 Å². The molecular formula is C20H23NO5. The molecule has 1 aliphatic heterocycles. The summed E-state index contributed by atoms with van der Waals surface area (Å²) in [5.74, 6) is 0.830. The van der Waals surface area contributed by atoms with Gasteiger partial charge in [-0.1, -0.05) is 30.3 Å². The van der Waals surface area contributed by atoms with E-state index in [0.29, 0.717) is 23.8 Å². The average molecular weight is 357 g/mol. The number of aliphatic carboxylic acids is 1. The highest BCUT2D eigenvalue weighted by molar-refractivity contribution is 5.83. The van der Waals surface area contributed by atoms with Crippen LogP contribution in [0.4, 0.5) is 0 Å². The highest BCUT2D eigenvalue weighted by Crippen LogP contribution is 2.52. The van der Waals surface area contributed by atoms with Crippen LogP contribution >= 0.6 is 0 Å². The zero-order chi connectivity index (χ0) is 18.7. The zero-order valence-corrected chi connectivity index (χ0v) is 15.2. The first kappa shape index (κ1) is 18.1. The van der Waals surface area contributed by atoms with E-state index in [9.17, 15) is 9.90 Å². The quantitative estimate of drug-likeness (QED) is 0.827. The molecule has 1 aliphatic rings. The molecular weight excluding hydrogens is 334 g/mol. The van der Waals surface area contributed by atoms with Gasteiger partial charge < -0.3 is 24.6 Å². The fourth-order valence-corrected chi connectivity index (χ4v) is 3.69. The maximum atomic E-state index is 11.4. The topological polar surface area (TPSA) is 77.0 Å². The summed E-state index contributed by atoms with van der Waals surface area (Å²) in [7, 11) is 4.75. The number of methoxy groups -OCH3 is 3. The van der Waals surface area contributed by atoms with Crippen molar-refractivity contribution in [3.63, 3.8) is 0 Å². The molecule has 0 spiro atoms. The molecule has 0 fully saturated rings. The van der Waals surface area contributed by atoms with Crippen molar-refractivity contribution in [1.82, 2.24) is 5.32 Å².